The fourth-order valence-corrected chi connectivity index (χ4v) is 3.55. The van der Waals surface area contributed by atoms with Gasteiger partial charge in [-0.2, -0.15) is 0 Å². The number of rotatable bonds is 5. The van der Waals surface area contributed by atoms with Crippen molar-refractivity contribution in [3.05, 3.63) is 82.6 Å². The summed E-state index contributed by atoms with van der Waals surface area (Å²) < 4.78 is 5.78. The molecule has 1 aliphatic heterocycles. The number of benzene rings is 2. The number of nitrogens with one attached hydrogen (secondary N) is 1. The van der Waals surface area contributed by atoms with Gasteiger partial charge in [-0.25, -0.2) is 9.69 Å². The summed E-state index contributed by atoms with van der Waals surface area (Å²) in [5.41, 5.74) is 2.11. The van der Waals surface area contributed by atoms with Crippen LogP contribution in [-0.4, -0.2) is 17.8 Å². The first kappa shape index (κ1) is 21.6. The van der Waals surface area contributed by atoms with E-state index in [-0.39, 0.29) is 5.57 Å². The summed E-state index contributed by atoms with van der Waals surface area (Å²) in [5, 5.41) is 2.83. The van der Waals surface area contributed by atoms with Crippen LogP contribution < -0.4 is 10.2 Å². The number of anilines is 1. The predicted octanol–water partition coefficient (Wildman–Crippen LogP) is 5.78. The molecule has 1 aliphatic rings. The Morgan fingerprint density at radius 2 is 1.69 bits per heavy atom. The van der Waals surface area contributed by atoms with Gasteiger partial charge in [-0.05, 0) is 72.5 Å². The van der Waals surface area contributed by atoms with E-state index in [2.05, 4.69) is 19.2 Å². The van der Waals surface area contributed by atoms with Gasteiger partial charge >= 0.3 is 6.03 Å². The first-order chi connectivity index (χ1) is 15.4. The number of nitrogens with zero attached hydrogens (tertiary/aromatic N) is 1. The first-order valence-electron chi connectivity index (χ1n) is 10.2. The van der Waals surface area contributed by atoms with Crippen molar-refractivity contribution in [1.29, 1.82) is 0 Å². The maximum atomic E-state index is 13.1. The summed E-state index contributed by atoms with van der Waals surface area (Å²) >= 11 is 5.92. The molecule has 7 heteroatoms. The fourth-order valence-electron chi connectivity index (χ4n) is 3.42. The third kappa shape index (κ3) is 4.22. The topological polar surface area (TPSA) is 79.6 Å². The lowest BCUT2D eigenvalue weighted by molar-refractivity contribution is -0.122. The zero-order valence-corrected chi connectivity index (χ0v) is 18.3. The van der Waals surface area contributed by atoms with Gasteiger partial charge in [0, 0.05) is 10.6 Å². The average molecular weight is 449 g/mol. The molecule has 0 bridgehead atoms. The van der Waals surface area contributed by atoms with Gasteiger partial charge < -0.3 is 4.42 Å². The van der Waals surface area contributed by atoms with Crippen LogP contribution in [0.5, 0.6) is 0 Å². The van der Waals surface area contributed by atoms with Gasteiger partial charge in [-0.3, -0.25) is 14.9 Å². The van der Waals surface area contributed by atoms with Crippen molar-refractivity contribution in [2.24, 2.45) is 0 Å². The zero-order valence-electron chi connectivity index (χ0n) is 17.6. The Morgan fingerprint density at radius 1 is 1.00 bits per heavy atom. The quantitative estimate of drug-likeness (QED) is 0.396. The second-order valence-electron chi connectivity index (χ2n) is 7.57. The molecule has 162 valence electrons. The number of imide groups is 2. The highest BCUT2D eigenvalue weighted by Crippen LogP contribution is 2.28. The van der Waals surface area contributed by atoms with Crippen LogP contribution >= 0.6 is 11.6 Å². The van der Waals surface area contributed by atoms with E-state index in [4.69, 9.17) is 16.0 Å². The summed E-state index contributed by atoms with van der Waals surface area (Å²) in [4.78, 5) is 38.8. The summed E-state index contributed by atoms with van der Waals surface area (Å²) in [6.07, 6.45) is 2.31. The number of halogens is 1. The van der Waals surface area contributed by atoms with Crippen molar-refractivity contribution in [3.8, 4) is 11.3 Å². The van der Waals surface area contributed by atoms with Crippen molar-refractivity contribution in [1.82, 2.24) is 5.32 Å². The Morgan fingerprint density at radius 3 is 2.34 bits per heavy atom. The van der Waals surface area contributed by atoms with Gasteiger partial charge in [0.2, 0.25) is 0 Å². The molecule has 1 N–H and O–H groups in total. The molecule has 3 aromatic rings. The van der Waals surface area contributed by atoms with E-state index in [1.54, 1.807) is 48.5 Å². The highest BCUT2D eigenvalue weighted by Gasteiger charge is 2.37. The number of barbiturate groups is 1. The van der Waals surface area contributed by atoms with Gasteiger partial charge in [-0.15, -0.1) is 0 Å². The number of urea groups is 1. The molecule has 1 atom stereocenters. The molecule has 0 unspecified atom stereocenters. The largest absolute Gasteiger partial charge is 0.457 e. The fraction of sp³-hybridized carbons (Fsp3) is 0.160. The van der Waals surface area contributed by atoms with Crippen LogP contribution in [0.3, 0.4) is 0 Å². The Labute approximate surface area is 190 Å². The van der Waals surface area contributed by atoms with E-state index in [0.29, 0.717) is 28.1 Å². The predicted molar refractivity (Wildman–Crippen MR) is 123 cm³/mol. The van der Waals surface area contributed by atoms with Crippen LogP contribution in [-0.2, 0) is 9.59 Å². The molecule has 4 amide bonds. The van der Waals surface area contributed by atoms with Crippen LogP contribution in [0.25, 0.3) is 17.4 Å². The van der Waals surface area contributed by atoms with Crippen LogP contribution in [0.2, 0.25) is 5.02 Å². The molecule has 1 saturated heterocycles. The molecule has 32 heavy (non-hydrogen) atoms. The summed E-state index contributed by atoms with van der Waals surface area (Å²) in [5.74, 6) is -0.238. The monoisotopic (exact) mass is 448 g/mol. The first-order valence-corrected chi connectivity index (χ1v) is 10.6. The number of furan rings is 1. The summed E-state index contributed by atoms with van der Waals surface area (Å²) in [7, 11) is 0. The second kappa shape index (κ2) is 8.85. The molecule has 2 heterocycles. The smallest absolute Gasteiger partial charge is 0.335 e. The van der Waals surface area contributed by atoms with E-state index in [1.807, 2.05) is 12.1 Å². The minimum Gasteiger partial charge on any atom is -0.457 e. The number of hydrogen-bond acceptors (Lipinski definition) is 4. The molecule has 0 saturated carbocycles. The second-order valence-corrected chi connectivity index (χ2v) is 8.00. The standard InChI is InChI=1S/C25H21ClN2O4/c1-3-15(2)16-6-10-19(11-7-16)28-24(30)21(23(29)27-25(28)31)14-20-12-13-22(32-20)17-4-8-18(26)9-5-17/h4-15H,3H2,1-2H3,(H,27,29,31)/b21-14-/t15-/m1/s1. The molecule has 0 spiro atoms. The highest BCUT2D eigenvalue weighted by atomic mass is 35.5. The minimum atomic E-state index is -0.783. The zero-order chi connectivity index (χ0) is 22.8. The van der Waals surface area contributed by atoms with Gasteiger partial charge in [0.05, 0.1) is 5.69 Å². The van der Waals surface area contributed by atoms with Gasteiger partial charge in [0.15, 0.2) is 0 Å². The summed E-state index contributed by atoms with van der Waals surface area (Å²) in [6.45, 7) is 4.20. The lowest BCUT2D eigenvalue weighted by atomic mass is 9.98. The van der Waals surface area contributed by atoms with Crippen molar-refractivity contribution in [3.63, 3.8) is 0 Å². The molecular formula is C25H21ClN2O4. The maximum absolute atomic E-state index is 13.1. The Balaban J connectivity index is 1.62. The van der Waals surface area contributed by atoms with E-state index in [1.165, 1.54) is 6.08 Å². The number of hydrogen-bond donors (Lipinski definition) is 1. The normalized spacial score (nSPS) is 16.4. The highest BCUT2D eigenvalue weighted by molar-refractivity contribution is 6.39. The SMILES string of the molecule is CC[C@@H](C)c1ccc(N2C(=O)NC(=O)/C(=C/c3ccc(-c4ccc(Cl)cc4)o3)C2=O)cc1. The Bertz CT molecular complexity index is 1210. The van der Waals surface area contributed by atoms with Crippen LogP contribution in [0.15, 0.2) is 70.7 Å². The van der Waals surface area contributed by atoms with Crippen molar-refractivity contribution in [2.75, 3.05) is 4.90 Å². The molecule has 0 radical (unpaired) electrons. The van der Waals surface area contributed by atoms with Crippen LogP contribution in [0.4, 0.5) is 10.5 Å². The Hall–Kier alpha value is -3.64. The maximum Gasteiger partial charge on any atom is 0.335 e. The lowest BCUT2D eigenvalue weighted by Gasteiger charge is -2.26. The van der Waals surface area contributed by atoms with E-state index in [0.717, 1.165) is 22.4 Å². The van der Waals surface area contributed by atoms with Crippen molar-refractivity contribution < 1.29 is 18.8 Å². The van der Waals surface area contributed by atoms with Crippen molar-refractivity contribution >= 4 is 41.2 Å². The lowest BCUT2D eigenvalue weighted by Crippen LogP contribution is -2.54. The van der Waals surface area contributed by atoms with Gasteiger partial charge in [-0.1, -0.05) is 37.6 Å². The third-order valence-electron chi connectivity index (χ3n) is 5.48. The molecule has 1 fully saturated rings. The number of carbonyl (C=O) groups excluding carboxylic acids is 3. The summed E-state index contributed by atoms with van der Waals surface area (Å²) in [6, 6.07) is 16.9. The molecule has 6 nitrogen and oxygen atoms in total. The Kier molecular flexibility index (Phi) is 5.97. The molecular weight excluding hydrogens is 428 g/mol. The average Bonchev–Trinajstić information content (AvgIpc) is 3.25. The number of carbonyl (C=O) groups is 3. The van der Waals surface area contributed by atoms with Crippen molar-refractivity contribution in [2.45, 2.75) is 26.2 Å². The molecule has 2 aromatic carbocycles. The van der Waals surface area contributed by atoms with E-state index < -0.39 is 17.8 Å². The molecule has 1 aromatic heterocycles. The van der Waals surface area contributed by atoms with Crippen LogP contribution in [0.1, 0.15) is 37.5 Å². The van der Waals surface area contributed by atoms with E-state index in [9.17, 15) is 14.4 Å². The van der Waals surface area contributed by atoms with Gasteiger partial charge in [0.1, 0.15) is 17.1 Å². The molecule has 0 aliphatic carbocycles. The van der Waals surface area contributed by atoms with Crippen LogP contribution in [0, 0.1) is 0 Å². The minimum absolute atomic E-state index is 0.187. The van der Waals surface area contributed by atoms with E-state index >= 15 is 0 Å². The number of amides is 4. The van der Waals surface area contributed by atoms with Gasteiger partial charge in [0.25, 0.3) is 11.8 Å². The molecule has 4 rings (SSSR count). The third-order valence-corrected chi connectivity index (χ3v) is 5.73.